The van der Waals surface area contributed by atoms with E-state index in [-0.39, 0.29) is 27.5 Å². The van der Waals surface area contributed by atoms with Crippen molar-refractivity contribution >= 4 is 34.7 Å². The average molecular weight is 365 g/mol. The van der Waals surface area contributed by atoms with Gasteiger partial charge in [-0.15, -0.1) is 0 Å². The molecule has 2 aromatic rings. The molecule has 0 saturated carbocycles. The van der Waals surface area contributed by atoms with E-state index in [0.29, 0.717) is 5.75 Å². The van der Waals surface area contributed by atoms with Crippen LogP contribution in [-0.4, -0.2) is 30.4 Å². The number of Topliss-reactive ketones (excluding diaryl/α,β-unsaturated/α-hetero) is 1. The fraction of sp³-hybridized carbons (Fsp3) is 0.125. The van der Waals surface area contributed by atoms with Crippen LogP contribution in [0.5, 0.6) is 5.75 Å². The number of rotatable bonds is 6. The van der Waals surface area contributed by atoms with Crippen molar-refractivity contribution in [2.24, 2.45) is 0 Å². The first kappa shape index (κ1) is 18.2. The largest absolute Gasteiger partial charge is 0.495 e. The molecule has 25 heavy (non-hydrogen) atoms. The van der Waals surface area contributed by atoms with Crippen LogP contribution < -0.4 is 10.5 Å². The summed E-state index contributed by atoms with van der Waals surface area (Å²) in [5, 5.41) is 11.0. The predicted octanol–water partition coefficient (Wildman–Crippen LogP) is 2.88. The number of halogens is 1. The van der Waals surface area contributed by atoms with E-state index in [1.165, 1.54) is 31.4 Å². The molecule has 0 radical (unpaired) electrons. The van der Waals surface area contributed by atoms with Crippen molar-refractivity contribution in [2.45, 2.75) is 0 Å². The van der Waals surface area contributed by atoms with E-state index < -0.39 is 23.3 Å². The van der Waals surface area contributed by atoms with Gasteiger partial charge in [0.1, 0.15) is 5.75 Å². The van der Waals surface area contributed by atoms with Crippen molar-refractivity contribution in [1.29, 1.82) is 0 Å². The minimum atomic E-state index is -0.936. The van der Waals surface area contributed by atoms with Crippen LogP contribution in [0.1, 0.15) is 20.7 Å². The van der Waals surface area contributed by atoms with Gasteiger partial charge in [0.05, 0.1) is 22.6 Å². The number of carbonyl (C=O) groups is 2. The number of nitro benzene ring substituents is 1. The topological polar surface area (TPSA) is 122 Å². The van der Waals surface area contributed by atoms with Crippen LogP contribution >= 0.6 is 11.6 Å². The van der Waals surface area contributed by atoms with E-state index in [0.717, 1.165) is 12.1 Å². The Morgan fingerprint density at radius 1 is 1.24 bits per heavy atom. The van der Waals surface area contributed by atoms with Gasteiger partial charge < -0.3 is 15.2 Å². The zero-order chi connectivity index (χ0) is 18.6. The summed E-state index contributed by atoms with van der Waals surface area (Å²) >= 11 is 5.93. The van der Waals surface area contributed by atoms with Crippen molar-refractivity contribution in [2.75, 3.05) is 19.5 Å². The van der Waals surface area contributed by atoms with Gasteiger partial charge in [-0.3, -0.25) is 14.9 Å². The molecular formula is C16H13ClN2O6. The molecule has 0 heterocycles. The number of nitrogens with two attached hydrogens (primary N) is 1. The molecule has 0 unspecified atom stereocenters. The monoisotopic (exact) mass is 364 g/mol. The summed E-state index contributed by atoms with van der Waals surface area (Å²) in [6.07, 6.45) is 0. The zero-order valence-corrected chi connectivity index (χ0v) is 13.8. The molecule has 0 amide bonds. The lowest BCUT2D eigenvalue weighted by Gasteiger charge is -2.08. The molecule has 2 aromatic carbocycles. The Morgan fingerprint density at radius 2 is 1.96 bits per heavy atom. The van der Waals surface area contributed by atoms with Crippen LogP contribution in [0.2, 0.25) is 5.02 Å². The molecule has 0 aliphatic carbocycles. The standard InChI is InChI=1S/C16H13ClN2O6/c1-24-15-5-2-9(6-12(15)17)14(20)8-25-16(21)11-7-10(19(22)23)3-4-13(11)18/h2-7H,8,18H2,1H3. The Kier molecular flexibility index (Phi) is 5.56. The van der Waals surface area contributed by atoms with Gasteiger partial charge in [-0.25, -0.2) is 4.79 Å². The molecule has 2 rings (SSSR count). The van der Waals surface area contributed by atoms with Crippen molar-refractivity contribution in [3.63, 3.8) is 0 Å². The lowest BCUT2D eigenvalue weighted by atomic mass is 10.1. The van der Waals surface area contributed by atoms with E-state index >= 15 is 0 Å². The molecule has 0 saturated heterocycles. The van der Waals surface area contributed by atoms with Gasteiger partial charge in [0.15, 0.2) is 12.4 Å². The van der Waals surface area contributed by atoms with Crippen LogP contribution in [0, 0.1) is 10.1 Å². The Bertz CT molecular complexity index is 853. The Hall–Kier alpha value is -3.13. The summed E-state index contributed by atoms with van der Waals surface area (Å²) in [4.78, 5) is 34.2. The highest BCUT2D eigenvalue weighted by molar-refractivity contribution is 6.32. The summed E-state index contributed by atoms with van der Waals surface area (Å²) in [6.45, 7) is -0.566. The highest BCUT2D eigenvalue weighted by atomic mass is 35.5. The quantitative estimate of drug-likeness (QED) is 0.275. The number of anilines is 1. The van der Waals surface area contributed by atoms with Gasteiger partial charge in [-0.1, -0.05) is 11.6 Å². The molecular weight excluding hydrogens is 352 g/mol. The second kappa shape index (κ2) is 7.63. The summed E-state index contributed by atoms with van der Waals surface area (Å²) in [6, 6.07) is 7.75. The van der Waals surface area contributed by atoms with Crippen LogP contribution in [0.4, 0.5) is 11.4 Å². The fourth-order valence-corrected chi connectivity index (χ4v) is 2.22. The van der Waals surface area contributed by atoms with Crippen molar-refractivity contribution in [3.05, 3.63) is 62.7 Å². The third kappa shape index (κ3) is 4.24. The summed E-state index contributed by atoms with van der Waals surface area (Å²) in [7, 11) is 1.44. The van der Waals surface area contributed by atoms with E-state index in [2.05, 4.69) is 0 Å². The number of carbonyl (C=O) groups excluding carboxylic acids is 2. The predicted molar refractivity (Wildman–Crippen MR) is 90.1 cm³/mol. The smallest absolute Gasteiger partial charge is 0.340 e. The first-order valence-electron chi connectivity index (χ1n) is 6.91. The number of ether oxygens (including phenoxy) is 2. The summed E-state index contributed by atoms with van der Waals surface area (Å²) in [5.41, 5.74) is 5.36. The maximum absolute atomic E-state index is 12.1. The van der Waals surface area contributed by atoms with Gasteiger partial charge in [-0.2, -0.15) is 0 Å². The highest BCUT2D eigenvalue weighted by Gasteiger charge is 2.18. The fourth-order valence-electron chi connectivity index (χ4n) is 1.97. The first-order chi connectivity index (χ1) is 11.8. The maximum atomic E-state index is 12.1. The van der Waals surface area contributed by atoms with E-state index in [9.17, 15) is 19.7 Å². The average Bonchev–Trinajstić information content (AvgIpc) is 2.59. The molecule has 2 N–H and O–H groups in total. The third-order valence-corrected chi connectivity index (χ3v) is 3.57. The molecule has 0 fully saturated rings. The number of nitrogens with zero attached hydrogens (tertiary/aromatic N) is 1. The second-order valence-corrected chi connectivity index (χ2v) is 5.28. The first-order valence-corrected chi connectivity index (χ1v) is 7.29. The van der Waals surface area contributed by atoms with Gasteiger partial charge in [0, 0.05) is 23.4 Å². The van der Waals surface area contributed by atoms with Crippen LogP contribution in [-0.2, 0) is 4.74 Å². The minimum absolute atomic E-state index is 0.00976. The molecule has 8 nitrogen and oxygen atoms in total. The Labute approximate surface area is 147 Å². The lowest BCUT2D eigenvalue weighted by Crippen LogP contribution is -2.15. The Balaban J connectivity index is 2.09. The van der Waals surface area contributed by atoms with Crippen LogP contribution in [0.3, 0.4) is 0 Å². The number of non-ortho nitro benzene ring substituents is 1. The zero-order valence-electron chi connectivity index (χ0n) is 13.0. The Morgan fingerprint density at radius 3 is 2.56 bits per heavy atom. The van der Waals surface area contributed by atoms with Gasteiger partial charge in [0.25, 0.3) is 5.69 Å². The molecule has 9 heteroatoms. The molecule has 0 spiro atoms. The summed E-state index contributed by atoms with van der Waals surface area (Å²) in [5.74, 6) is -1.03. The molecule has 0 aliphatic heterocycles. The minimum Gasteiger partial charge on any atom is -0.495 e. The number of nitrogen functional groups attached to an aromatic ring is 1. The number of hydrogen-bond acceptors (Lipinski definition) is 7. The number of benzene rings is 2. The van der Waals surface area contributed by atoms with E-state index in [1.807, 2.05) is 0 Å². The number of hydrogen-bond donors (Lipinski definition) is 1. The van der Waals surface area contributed by atoms with Gasteiger partial charge in [-0.05, 0) is 24.3 Å². The second-order valence-electron chi connectivity index (χ2n) is 4.88. The third-order valence-electron chi connectivity index (χ3n) is 3.28. The number of ketones is 1. The number of esters is 1. The van der Waals surface area contributed by atoms with Crippen LogP contribution in [0.25, 0.3) is 0 Å². The van der Waals surface area contributed by atoms with Gasteiger partial charge >= 0.3 is 5.97 Å². The normalized spacial score (nSPS) is 10.2. The SMILES string of the molecule is COc1ccc(C(=O)COC(=O)c2cc([N+](=O)[O-])ccc2N)cc1Cl. The lowest BCUT2D eigenvalue weighted by molar-refractivity contribution is -0.384. The highest BCUT2D eigenvalue weighted by Crippen LogP contribution is 2.25. The molecule has 0 aliphatic rings. The molecule has 130 valence electrons. The van der Waals surface area contributed by atoms with Crippen molar-refractivity contribution < 1.29 is 24.0 Å². The van der Waals surface area contributed by atoms with E-state index in [4.69, 9.17) is 26.8 Å². The summed E-state index contributed by atoms with van der Waals surface area (Å²) < 4.78 is 9.87. The van der Waals surface area contributed by atoms with E-state index in [1.54, 1.807) is 0 Å². The van der Waals surface area contributed by atoms with Crippen LogP contribution in [0.15, 0.2) is 36.4 Å². The number of nitro groups is 1. The van der Waals surface area contributed by atoms with Crippen molar-refractivity contribution in [1.82, 2.24) is 0 Å². The van der Waals surface area contributed by atoms with Gasteiger partial charge in [0.2, 0.25) is 0 Å². The molecule has 0 bridgehead atoms. The molecule has 0 atom stereocenters. The number of methoxy groups -OCH3 is 1. The molecule has 0 aromatic heterocycles. The van der Waals surface area contributed by atoms with Crippen molar-refractivity contribution in [3.8, 4) is 5.75 Å². The maximum Gasteiger partial charge on any atom is 0.340 e.